The highest BCUT2D eigenvalue weighted by Crippen LogP contribution is 2.25. The van der Waals surface area contributed by atoms with Crippen LogP contribution < -0.4 is 5.43 Å². The molecule has 0 bridgehead atoms. The Morgan fingerprint density at radius 1 is 1.00 bits per heavy atom. The topological polar surface area (TPSA) is 85.8 Å². The van der Waals surface area contributed by atoms with E-state index < -0.39 is 5.82 Å². The van der Waals surface area contributed by atoms with Gasteiger partial charge in [-0.25, -0.2) is 9.37 Å². The van der Waals surface area contributed by atoms with Crippen molar-refractivity contribution >= 4 is 38.2 Å². The third-order valence-electron chi connectivity index (χ3n) is 3.93. The Labute approximate surface area is 169 Å². The van der Waals surface area contributed by atoms with Crippen LogP contribution in [0.2, 0.25) is 0 Å². The van der Waals surface area contributed by atoms with Gasteiger partial charge < -0.3 is 0 Å². The van der Waals surface area contributed by atoms with Crippen molar-refractivity contribution in [3.8, 4) is 6.07 Å². The summed E-state index contributed by atoms with van der Waals surface area (Å²) in [6.45, 7) is 0. The summed E-state index contributed by atoms with van der Waals surface area (Å²) in [7, 11) is 0. The van der Waals surface area contributed by atoms with Crippen molar-refractivity contribution in [2.45, 2.75) is 0 Å². The lowest BCUT2D eigenvalue weighted by molar-refractivity contribution is 0.628. The van der Waals surface area contributed by atoms with Gasteiger partial charge in [0, 0.05) is 5.56 Å². The third kappa shape index (κ3) is 4.31. The molecule has 29 heavy (non-hydrogen) atoms. The number of amidine groups is 1. The van der Waals surface area contributed by atoms with Crippen LogP contribution in [0.3, 0.4) is 0 Å². The summed E-state index contributed by atoms with van der Waals surface area (Å²) in [4.78, 5) is 4.46. The van der Waals surface area contributed by atoms with Crippen LogP contribution in [0.15, 0.2) is 88.1 Å². The Kier molecular flexibility index (Phi) is 5.31. The fourth-order valence-electron chi connectivity index (χ4n) is 2.49. The fourth-order valence-corrected chi connectivity index (χ4v) is 3.30. The number of thiazole rings is 1. The van der Waals surface area contributed by atoms with Gasteiger partial charge in [0.1, 0.15) is 5.69 Å². The molecule has 1 heterocycles. The molecule has 3 aromatic carbocycles. The summed E-state index contributed by atoms with van der Waals surface area (Å²) in [5.41, 5.74) is 5.00. The zero-order valence-electron chi connectivity index (χ0n) is 15.0. The number of fused-ring (bicyclic) bond motifs is 1. The number of nitrogens with one attached hydrogen (secondary N) is 1. The maximum atomic E-state index is 13.9. The quantitative estimate of drug-likeness (QED) is 0.201. The van der Waals surface area contributed by atoms with Crippen molar-refractivity contribution in [1.29, 1.82) is 5.26 Å². The Balaban J connectivity index is 1.67. The van der Waals surface area contributed by atoms with E-state index in [2.05, 4.69) is 31.8 Å². The van der Waals surface area contributed by atoms with Crippen LogP contribution in [-0.4, -0.2) is 10.8 Å². The van der Waals surface area contributed by atoms with E-state index in [0.717, 1.165) is 10.2 Å². The number of nitriles is 1. The van der Waals surface area contributed by atoms with E-state index in [1.807, 2.05) is 24.3 Å². The molecule has 1 N–H and O–H groups in total. The maximum absolute atomic E-state index is 13.9. The number of azo groups is 1. The number of hydrogen-bond donors (Lipinski definition) is 1. The first kappa shape index (κ1) is 18.4. The molecular formula is C21H13FN6S. The summed E-state index contributed by atoms with van der Waals surface area (Å²) in [6, 6.07) is 22.6. The molecule has 0 radical (unpaired) electrons. The van der Waals surface area contributed by atoms with Crippen LogP contribution in [0.5, 0.6) is 0 Å². The van der Waals surface area contributed by atoms with E-state index >= 15 is 0 Å². The van der Waals surface area contributed by atoms with E-state index in [1.54, 1.807) is 36.4 Å². The van der Waals surface area contributed by atoms with Crippen molar-refractivity contribution in [3.05, 3.63) is 89.7 Å². The monoisotopic (exact) mass is 400 g/mol. The minimum absolute atomic E-state index is 0.105. The molecule has 0 amide bonds. The number of anilines is 1. The molecule has 0 saturated heterocycles. The normalized spacial score (nSPS) is 11.7. The summed E-state index contributed by atoms with van der Waals surface area (Å²) >= 11 is 1.45. The van der Waals surface area contributed by atoms with Gasteiger partial charge in [-0.15, -0.1) is 10.2 Å². The van der Waals surface area contributed by atoms with E-state index in [1.165, 1.54) is 23.5 Å². The first-order valence-corrected chi connectivity index (χ1v) is 9.41. The van der Waals surface area contributed by atoms with Gasteiger partial charge in [-0.1, -0.05) is 35.6 Å². The summed E-state index contributed by atoms with van der Waals surface area (Å²) in [5.74, 6) is -0.244. The average molecular weight is 400 g/mol. The van der Waals surface area contributed by atoms with E-state index in [-0.39, 0.29) is 11.5 Å². The maximum Gasteiger partial charge on any atom is 0.204 e. The molecule has 0 fully saturated rings. The molecular weight excluding hydrogens is 387 g/mol. The SMILES string of the molecule is N#Cc1ccc(C(/N=N/c2ccccc2F)=N\Nc2nc3ccccc3s2)cc1. The number of benzene rings is 3. The molecule has 0 aliphatic heterocycles. The van der Waals surface area contributed by atoms with Gasteiger partial charge in [0.15, 0.2) is 5.82 Å². The standard InChI is InChI=1S/C21H13FN6S/c22-16-5-1-2-6-17(16)25-26-20(15-11-9-14(13-23)10-12-15)27-28-21-24-18-7-3-4-8-19(18)29-21/h1-12H,(H,24,28)/b26-25+,27-20+. The van der Waals surface area contributed by atoms with Gasteiger partial charge in [-0.3, -0.25) is 5.43 Å². The molecule has 140 valence electrons. The van der Waals surface area contributed by atoms with Gasteiger partial charge >= 0.3 is 0 Å². The highest BCUT2D eigenvalue weighted by atomic mass is 32.1. The molecule has 0 aliphatic carbocycles. The number of rotatable bonds is 4. The summed E-state index contributed by atoms with van der Waals surface area (Å²) in [5, 5.41) is 22.0. The van der Waals surface area contributed by atoms with E-state index in [4.69, 9.17) is 5.26 Å². The van der Waals surface area contributed by atoms with Crippen molar-refractivity contribution in [2.75, 3.05) is 5.43 Å². The Bertz CT molecular complexity index is 1220. The fraction of sp³-hybridized carbons (Fsp3) is 0. The molecule has 0 unspecified atom stereocenters. The van der Waals surface area contributed by atoms with E-state index in [9.17, 15) is 4.39 Å². The van der Waals surface area contributed by atoms with Crippen LogP contribution in [0.25, 0.3) is 10.2 Å². The first-order chi connectivity index (χ1) is 14.2. The Hall–Kier alpha value is -3.96. The van der Waals surface area contributed by atoms with Crippen molar-refractivity contribution in [3.63, 3.8) is 0 Å². The summed E-state index contributed by atoms with van der Waals surface area (Å²) < 4.78 is 14.9. The molecule has 0 saturated carbocycles. The highest BCUT2D eigenvalue weighted by molar-refractivity contribution is 7.22. The van der Waals surface area contributed by atoms with Crippen LogP contribution in [0.4, 0.5) is 15.2 Å². The second kappa shape index (κ2) is 8.37. The van der Waals surface area contributed by atoms with Crippen LogP contribution in [-0.2, 0) is 0 Å². The molecule has 6 nitrogen and oxygen atoms in total. The van der Waals surface area contributed by atoms with Gasteiger partial charge in [0.2, 0.25) is 11.0 Å². The molecule has 0 aliphatic rings. The molecule has 0 spiro atoms. The van der Waals surface area contributed by atoms with Gasteiger partial charge in [0.25, 0.3) is 0 Å². The van der Waals surface area contributed by atoms with Gasteiger partial charge in [-0.05, 0) is 48.5 Å². The predicted octanol–water partition coefficient (Wildman–Crippen LogP) is 5.86. The smallest absolute Gasteiger partial charge is 0.204 e. The van der Waals surface area contributed by atoms with Crippen LogP contribution in [0, 0.1) is 17.1 Å². The lowest BCUT2D eigenvalue weighted by Crippen LogP contribution is -2.01. The minimum Gasteiger partial charge on any atom is -0.250 e. The number of hydrazone groups is 1. The number of para-hydroxylation sites is 1. The average Bonchev–Trinajstić information content (AvgIpc) is 3.18. The Morgan fingerprint density at radius 3 is 2.52 bits per heavy atom. The van der Waals surface area contributed by atoms with Crippen LogP contribution in [0.1, 0.15) is 11.1 Å². The number of hydrogen-bond acceptors (Lipinski definition) is 6. The molecule has 8 heteroatoms. The minimum atomic E-state index is -0.477. The molecule has 4 rings (SSSR count). The van der Waals surface area contributed by atoms with Crippen molar-refractivity contribution in [1.82, 2.24) is 4.98 Å². The number of halogens is 1. The zero-order valence-corrected chi connectivity index (χ0v) is 15.8. The van der Waals surface area contributed by atoms with Gasteiger partial charge in [-0.2, -0.15) is 10.4 Å². The van der Waals surface area contributed by atoms with Crippen molar-refractivity contribution in [2.24, 2.45) is 15.3 Å². The molecule has 1 aromatic heterocycles. The second-order valence-corrected chi connectivity index (χ2v) is 6.91. The van der Waals surface area contributed by atoms with Crippen LogP contribution >= 0.6 is 11.3 Å². The highest BCUT2D eigenvalue weighted by Gasteiger charge is 2.07. The number of aromatic nitrogens is 1. The largest absolute Gasteiger partial charge is 0.250 e. The predicted molar refractivity (Wildman–Crippen MR) is 112 cm³/mol. The molecule has 0 atom stereocenters. The lowest BCUT2D eigenvalue weighted by atomic mass is 10.1. The number of nitrogens with zero attached hydrogens (tertiary/aromatic N) is 5. The van der Waals surface area contributed by atoms with Gasteiger partial charge in [0.05, 0.1) is 21.8 Å². The zero-order chi connectivity index (χ0) is 20.1. The van der Waals surface area contributed by atoms with Crippen molar-refractivity contribution < 1.29 is 4.39 Å². The second-order valence-electron chi connectivity index (χ2n) is 5.87. The Morgan fingerprint density at radius 2 is 1.76 bits per heavy atom. The third-order valence-corrected chi connectivity index (χ3v) is 4.87. The van der Waals surface area contributed by atoms with E-state index in [0.29, 0.717) is 16.3 Å². The lowest BCUT2D eigenvalue weighted by Gasteiger charge is -2.02. The first-order valence-electron chi connectivity index (χ1n) is 8.59. The molecule has 4 aromatic rings. The summed E-state index contributed by atoms with van der Waals surface area (Å²) in [6.07, 6.45) is 0.